The van der Waals surface area contributed by atoms with Gasteiger partial charge in [0.1, 0.15) is 10.8 Å². The maximum Gasteiger partial charge on any atom is 0.359 e. The highest BCUT2D eigenvalue weighted by atomic mass is 32.1. The lowest BCUT2D eigenvalue weighted by Gasteiger charge is -2.38. The molecule has 1 N–H and O–H groups in total. The lowest BCUT2D eigenvalue weighted by molar-refractivity contribution is 0.0596. The molecule has 2 aliphatic heterocycles. The Morgan fingerprint density at radius 3 is 2.62 bits per heavy atom. The molecule has 4 heterocycles. The first-order chi connectivity index (χ1) is 12.6. The zero-order chi connectivity index (χ0) is 18.3. The van der Waals surface area contributed by atoms with Crippen LogP contribution in [-0.4, -0.2) is 50.6 Å². The normalized spacial score (nSPS) is 24.5. The van der Waals surface area contributed by atoms with Crippen LogP contribution in [0.3, 0.4) is 0 Å². The fourth-order valence-electron chi connectivity index (χ4n) is 4.23. The van der Waals surface area contributed by atoms with Crippen molar-refractivity contribution in [2.45, 2.75) is 43.7 Å². The van der Waals surface area contributed by atoms with E-state index in [0.29, 0.717) is 10.9 Å². The molecule has 0 saturated carbocycles. The summed E-state index contributed by atoms with van der Waals surface area (Å²) >= 11 is 1.23. The molecule has 2 aromatic rings. The van der Waals surface area contributed by atoms with Crippen LogP contribution in [-0.2, 0) is 11.8 Å². The number of amides is 2. The molecule has 26 heavy (non-hydrogen) atoms. The second-order valence-electron chi connectivity index (χ2n) is 6.81. The molecule has 0 radical (unpaired) electrons. The first-order valence-electron chi connectivity index (χ1n) is 8.66. The summed E-state index contributed by atoms with van der Waals surface area (Å²) in [7, 11) is 3.32. The molecule has 2 saturated heterocycles. The quantitative estimate of drug-likeness (QED) is 0.833. The predicted molar refractivity (Wildman–Crippen MR) is 96.3 cm³/mol. The third kappa shape index (κ3) is 2.86. The van der Waals surface area contributed by atoms with E-state index in [-0.39, 0.29) is 23.8 Å². The van der Waals surface area contributed by atoms with Crippen molar-refractivity contribution in [3.63, 3.8) is 0 Å². The number of rotatable bonds is 3. The molecule has 2 fully saturated rings. The van der Waals surface area contributed by atoms with Crippen LogP contribution in [0.1, 0.15) is 47.9 Å². The minimum Gasteiger partial charge on any atom is -0.464 e. The van der Waals surface area contributed by atoms with Crippen LogP contribution in [0, 0.1) is 0 Å². The van der Waals surface area contributed by atoms with Gasteiger partial charge in [0.25, 0.3) is 0 Å². The van der Waals surface area contributed by atoms with Gasteiger partial charge < -0.3 is 14.2 Å². The number of fused-ring (bicyclic) bond motifs is 2. The average molecular weight is 375 g/mol. The monoisotopic (exact) mass is 375 g/mol. The summed E-state index contributed by atoms with van der Waals surface area (Å²) < 4.78 is 6.78. The largest absolute Gasteiger partial charge is 0.464 e. The molecule has 138 valence electrons. The van der Waals surface area contributed by atoms with Crippen molar-refractivity contribution in [2.75, 3.05) is 12.4 Å². The highest BCUT2D eigenvalue weighted by molar-refractivity contribution is 7.14. The Bertz CT molecular complexity index is 818. The van der Waals surface area contributed by atoms with Crippen LogP contribution in [0.15, 0.2) is 17.9 Å². The molecule has 0 aromatic carbocycles. The summed E-state index contributed by atoms with van der Waals surface area (Å²) in [6.07, 6.45) is 7.64. The number of aromatic nitrogens is 3. The van der Waals surface area contributed by atoms with E-state index in [1.165, 1.54) is 24.0 Å². The van der Waals surface area contributed by atoms with Gasteiger partial charge in [-0.15, -0.1) is 11.3 Å². The van der Waals surface area contributed by atoms with Crippen molar-refractivity contribution in [2.24, 2.45) is 7.05 Å². The van der Waals surface area contributed by atoms with Crippen molar-refractivity contribution < 1.29 is 14.3 Å². The molecular formula is C17H21N5O3S. The number of nitrogens with one attached hydrogen (secondary N) is 1. The van der Waals surface area contributed by atoms with Gasteiger partial charge in [-0.2, -0.15) is 0 Å². The molecule has 9 heteroatoms. The number of carbonyl (C=O) groups is 2. The number of piperidine rings is 1. The fourth-order valence-corrected chi connectivity index (χ4v) is 4.89. The molecule has 2 amide bonds. The van der Waals surface area contributed by atoms with E-state index in [9.17, 15) is 9.59 Å². The van der Waals surface area contributed by atoms with Gasteiger partial charge in [0.05, 0.1) is 12.6 Å². The van der Waals surface area contributed by atoms with Crippen LogP contribution in [0.4, 0.5) is 9.80 Å². The van der Waals surface area contributed by atoms with Crippen LogP contribution in [0.2, 0.25) is 0 Å². The molecule has 0 spiro atoms. The van der Waals surface area contributed by atoms with Crippen molar-refractivity contribution in [3.8, 4) is 0 Å². The van der Waals surface area contributed by atoms with Gasteiger partial charge in [0.2, 0.25) is 0 Å². The third-order valence-corrected chi connectivity index (χ3v) is 6.10. The highest BCUT2D eigenvalue weighted by Crippen LogP contribution is 2.43. The minimum absolute atomic E-state index is 0.154. The number of imidazole rings is 1. The second-order valence-corrected chi connectivity index (χ2v) is 7.66. The summed E-state index contributed by atoms with van der Waals surface area (Å²) in [4.78, 5) is 35.1. The van der Waals surface area contributed by atoms with E-state index >= 15 is 0 Å². The molecule has 8 nitrogen and oxygen atoms in total. The third-order valence-electron chi connectivity index (χ3n) is 5.36. The molecule has 2 bridgehead atoms. The van der Waals surface area contributed by atoms with Gasteiger partial charge in [-0.1, -0.05) is 0 Å². The standard InChI is InChI=1S/C17H21N5O3S/c1-21-6-5-18-14(21)10-7-11-3-4-12(8-10)22(11)17(24)20-15-13(16(23)25-2)19-9-26-15/h5-6,9-12H,3-4,7-8H2,1-2H3,(H,20,24)/t10?,11-,12+. The summed E-state index contributed by atoms with van der Waals surface area (Å²) in [5, 5.41) is 3.30. The van der Waals surface area contributed by atoms with Crippen molar-refractivity contribution >= 4 is 28.3 Å². The molecule has 2 aliphatic rings. The molecule has 2 aromatic heterocycles. The smallest absolute Gasteiger partial charge is 0.359 e. The first kappa shape index (κ1) is 17.0. The zero-order valence-corrected chi connectivity index (χ0v) is 15.5. The first-order valence-corrected chi connectivity index (χ1v) is 9.54. The number of nitrogens with zero attached hydrogens (tertiary/aromatic N) is 4. The number of aryl methyl sites for hydroxylation is 1. The minimum atomic E-state index is -0.544. The number of ether oxygens (including phenoxy) is 1. The Labute approximate surface area is 155 Å². The van der Waals surface area contributed by atoms with Gasteiger partial charge in [0.15, 0.2) is 5.69 Å². The Hall–Kier alpha value is -2.42. The maximum absolute atomic E-state index is 12.9. The maximum atomic E-state index is 12.9. The predicted octanol–water partition coefficient (Wildman–Crippen LogP) is 2.61. The van der Waals surface area contributed by atoms with Gasteiger partial charge in [0, 0.05) is 37.4 Å². The number of hydrogen-bond acceptors (Lipinski definition) is 6. The van der Waals surface area contributed by atoms with E-state index in [0.717, 1.165) is 31.5 Å². The number of hydrogen-bond donors (Lipinski definition) is 1. The second kappa shape index (κ2) is 6.71. The van der Waals surface area contributed by atoms with E-state index in [4.69, 9.17) is 4.74 Å². The average Bonchev–Trinajstić information content (AvgIpc) is 3.32. The lowest BCUT2D eigenvalue weighted by Crippen LogP contribution is -2.48. The zero-order valence-electron chi connectivity index (χ0n) is 14.7. The number of thiazole rings is 1. The number of methoxy groups -OCH3 is 1. The van der Waals surface area contributed by atoms with Crippen LogP contribution >= 0.6 is 11.3 Å². The summed E-state index contributed by atoms with van der Waals surface area (Å²) in [5.41, 5.74) is 1.69. The van der Waals surface area contributed by atoms with Crippen molar-refractivity contribution in [1.29, 1.82) is 0 Å². The van der Waals surface area contributed by atoms with Gasteiger partial charge >= 0.3 is 12.0 Å². The highest BCUT2D eigenvalue weighted by Gasteiger charge is 2.44. The van der Waals surface area contributed by atoms with Crippen LogP contribution in [0.5, 0.6) is 0 Å². The van der Waals surface area contributed by atoms with Gasteiger partial charge in [-0.25, -0.2) is 19.6 Å². The fraction of sp³-hybridized carbons (Fsp3) is 0.529. The number of carbonyl (C=O) groups excluding carboxylic acids is 2. The topological polar surface area (TPSA) is 89.3 Å². The molecule has 4 rings (SSSR count). The van der Waals surface area contributed by atoms with Crippen LogP contribution in [0.25, 0.3) is 0 Å². The molecular weight excluding hydrogens is 354 g/mol. The Morgan fingerprint density at radius 1 is 1.27 bits per heavy atom. The summed E-state index contributed by atoms with van der Waals surface area (Å²) in [6.45, 7) is 0. The van der Waals surface area contributed by atoms with Crippen molar-refractivity contribution in [1.82, 2.24) is 19.4 Å². The molecule has 3 atom stereocenters. The number of esters is 1. The Balaban J connectivity index is 1.48. The summed E-state index contributed by atoms with van der Waals surface area (Å²) in [6, 6.07) is 0.236. The van der Waals surface area contributed by atoms with E-state index < -0.39 is 5.97 Å². The van der Waals surface area contributed by atoms with Crippen molar-refractivity contribution in [3.05, 3.63) is 29.4 Å². The lowest BCUT2D eigenvalue weighted by atomic mass is 9.90. The van der Waals surface area contributed by atoms with Gasteiger partial charge in [-0.3, -0.25) is 5.32 Å². The van der Waals surface area contributed by atoms with Gasteiger partial charge in [-0.05, 0) is 25.7 Å². The Morgan fingerprint density at radius 2 is 2.00 bits per heavy atom. The summed E-state index contributed by atoms with van der Waals surface area (Å²) in [5.74, 6) is 0.931. The number of urea groups is 1. The van der Waals surface area contributed by atoms with E-state index in [2.05, 4.69) is 19.9 Å². The molecule has 0 aliphatic carbocycles. The molecule has 1 unspecified atom stereocenters. The SMILES string of the molecule is COC(=O)c1ncsc1NC(=O)N1[C@@H]2CC[C@H]1CC(c1nccn1C)C2. The Kier molecular flexibility index (Phi) is 4.39. The van der Waals surface area contributed by atoms with E-state index in [1.807, 2.05) is 24.3 Å². The van der Waals surface area contributed by atoms with E-state index in [1.54, 1.807) is 0 Å². The van der Waals surface area contributed by atoms with Crippen LogP contribution < -0.4 is 5.32 Å². The number of anilines is 1.